The molecule has 0 bridgehead atoms. The van der Waals surface area contributed by atoms with E-state index in [1.807, 2.05) is 30.3 Å². The minimum absolute atomic E-state index is 0.0869. The summed E-state index contributed by atoms with van der Waals surface area (Å²) in [6.07, 6.45) is 2.44. The van der Waals surface area contributed by atoms with Gasteiger partial charge in [-0.2, -0.15) is 0 Å². The first kappa shape index (κ1) is 22.5. The number of hydrogen-bond donors (Lipinski definition) is 2. The van der Waals surface area contributed by atoms with E-state index in [9.17, 15) is 4.79 Å². The van der Waals surface area contributed by atoms with Gasteiger partial charge in [-0.25, -0.2) is 4.98 Å². The van der Waals surface area contributed by atoms with E-state index in [0.29, 0.717) is 19.1 Å². The Morgan fingerprint density at radius 1 is 1.19 bits per heavy atom. The monoisotopic (exact) mass is 483 g/mol. The van der Waals surface area contributed by atoms with Crippen LogP contribution in [-0.2, 0) is 11.3 Å². The number of nitrogens with one attached hydrogen (secondary N) is 1. The highest BCUT2D eigenvalue weighted by Crippen LogP contribution is 2.43. The quantitative estimate of drug-likeness (QED) is 0.330. The molecule has 3 aromatic carbocycles. The zero-order chi connectivity index (χ0) is 24.8. The molecule has 1 saturated carbocycles. The summed E-state index contributed by atoms with van der Waals surface area (Å²) in [5.41, 5.74) is 7.54. The summed E-state index contributed by atoms with van der Waals surface area (Å²) in [7, 11) is 1.68. The van der Waals surface area contributed by atoms with Gasteiger partial charge < -0.3 is 19.9 Å². The van der Waals surface area contributed by atoms with Crippen LogP contribution in [0.1, 0.15) is 53.6 Å². The lowest BCUT2D eigenvalue weighted by molar-refractivity contribution is -0.137. The lowest BCUT2D eigenvalue weighted by Gasteiger charge is -2.16. The smallest absolute Gasteiger partial charge is 0.304 e. The van der Waals surface area contributed by atoms with Crippen LogP contribution in [0.5, 0.6) is 11.5 Å². The second-order valence-electron chi connectivity index (χ2n) is 9.71. The summed E-state index contributed by atoms with van der Waals surface area (Å²) in [5.74, 6) is 2.32. The van der Waals surface area contributed by atoms with Crippen LogP contribution in [-0.4, -0.2) is 34.3 Å². The molecule has 1 fully saturated rings. The summed E-state index contributed by atoms with van der Waals surface area (Å²) in [5, 5.41) is 12.7. The number of carbonyl (C=O) groups is 1. The highest BCUT2D eigenvalue weighted by Gasteiger charge is 2.31. The molecule has 0 radical (unpaired) electrons. The molecule has 6 rings (SSSR count). The van der Waals surface area contributed by atoms with Gasteiger partial charge in [0.2, 0.25) is 0 Å². The van der Waals surface area contributed by atoms with Gasteiger partial charge in [0.25, 0.3) is 0 Å². The summed E-state index contributed by atoms with van der Waals surface area (Å²) in [6.45, 7) is 3.25. The minimum Gasteiger partial charge on any atom is -0.497 e. The molecule has 0 saturated heterocycles. The number of methoxy groups -OCH3 is 1. The van der Waals surface area contributed by atoms with Crippen molar-refractivity contribution in [3.05, 3.63) is 77.1 Å². The number of carboxylic acids is 1. The van der Waals surface area contributed by atoms with Gasteiger partial charge in [0.05, 0.1) is 36.9 Å². The molecule has 2 aliphatic rings. The van der Waals surface area contributed by atoms with Crippen molar-refractivity contribution < 1.29 is 19.4 Å². The van der Waals surface area contributed by atoms with Crippen LogP contribution >= 0.6 is 0 Å². The number of nitrogens with zero attached hydrogens (tertiary/aromatic N) is 2. The first-order valence-electron chi connectivity index (χ1n) is 12.4. The summed E-state index contributed by atoms with van der Waals surface area (Å²) >= 11 is 0. The van der Waals surface area contributed by atoms with E-state index < -0.39 is 5.97 Å². The maximum atomic E-state index is 11.1. The molecule has 4 aromatic rings. The number of aromatic nitrogens is 2. The number of benzene rings is 3. The van der Waals surface area contributed by atoms with E-state index in [2.05, 4.69) is 41.1 Å². The number of anilines is 1. The molecule has 7 nitrogen and oxygen atoms in total. The number of fused-ring (bicyclic) bond motifs is 2. The predicted molar refractivity (Wildman–Crippen MR) is 139 cm³/mol. The lowest BCUT2D eigenvalue weighted by atomic mass is 9.98. The van der Waals surface area contributed by atoms with Gasteiger partial charge in [0.15, 0.2) is 0 Å². The fraction of sp³-hybridized carbons (Fsp3) is 0.310. The highest BCUT2D eigenvalue weighted by atomic mass is 16.5. The molecule has 0 unspecified atom stereocenters. The third-order valence-corrected chi connectivity index (χ3v) is 7.29. The average molecular weight is 484 g/mol. The van der Waals surface area contributed by atoms with Gasteiger partial charge in [0.1, 0.15) is 17.3 Å². The molecule has 2 N–H and O–H groups in total. The molecule has 1 atom stereocenters. The second-order valence-corrected chi connectivity index (χ2v) is 9.71. The van der Waals surface area contributed by atoms with Gasteiger partial charge in [-0.15, -0.1) is 0 Å². The Morgan fingerprint density at radius 3 is 2.83 bits per heavy atom. The van der Waals surface area contributed by atoms with Crippen molar-refractivity contribution in [3.63, 3.8) is 0 Å². The molecular weight excluding hydrogens is 454 g/mol. The topological polar surface area (TPSA) is 85.6 Å². The van der Waals surface area contributed by atoms with E-state index in [4.69, 9.17) is 19.6 Å². The van der Waals surface area contributed by atoms with E-state index >= 15 is 0 Å². The lowest BCUT2D eigenvalue weighted by Crippen LogP contribution is -2.07. The maximum absolute atomic E-state index is 11.1. The molecule has 7 heteroatoms. The zero-order valence-corrected chi connectivity index (χ0v) is 20.5. The minimum atomic E-state index is -0.802. The predicted octanol–water partition coefficient (Wildman–Crippen LogP) is 5.78. The number of carboxylic acid groups (broad SMARTS) is 1. The Balaban J connectivity index is 1.28. The van der Waals surface area contributed by atoms with Crippen molar-refractivity contribution in [1.29, 1.82) is 0 Å². The SMILES string of the molecule is COc1ccc2c(c1)nc(C1CC1)n2-c1cccc(CNc2ccc3c(c2)OC[C@H]3CC(=O)O)c1C. The first-order valence-corrected chi connectivity index (χ1v) is 12.4. The summed E-state index contributed by atoms with van der Waals surface area (Å²) < 4.78 is 13.5. The van der Waals surface area contributed by atoms with E-state index in [1.165, 1.54) is 24.0 Å². The Labute approximate surface area is 209 Å². The number of ether oxygens (including phenoxy) is 2. The number of aliphatic carboxylic acids is 1. The van der Waals surface area contributed by atoms with Crippen LogP contribution < -0.4 is 14.8 Å². The number of hydrogen-bond acceptors (Lipinski definition) is 5. The van der Waals surface area contributed by atoms with Crippen molar-refractivity contribution >= 4 is 22.7 Å². The second kappa shape index (κ2) is 8.90. The third kappa shape index (κ3) is 4.04. The average Bonchev–Trinajstić information content (AvgIpc) is 3.55. The maximum Gasteiger partial charge on any atom is 0.304 e. The van der Waals surface area contributed by atoms with Crippen LogP contribution in [0.4, 0.5) is 5.69 Å². The normalized spacial score (nSPS) is 16.6. The molecule has 0 amide bonds. The Bertz CT molecular complexity index is 1470. The van der Waals surface area contributed by atoms with Gasteiger partial charge in [0, 0.05) is 41.8 Å². The Kier molecular flexibility index (Phi) is 5.55. The van der Waals surface area contributed by atoms with Crippen LogP contribution in [0.15, 0.2) is 54.6 Å². The van der Waals surface area contributed by atoms with E-state index in [-0.39, 0.29) is 12.3 Å². The van der Waals surface area contributed by atoms with Crippen LogP contribution in [0.3, 0.4) is 0 Å². The van der Waals surface area contributed by atoms with E-state index in [1.54, 1.807) is 7.11 Å². The Morgan fingerprint density at radius 2 is 2.06 bits per heavy atom. The van der Waals surface area contributed by atoms with E-state index in [0.717, 1.165) is 45.3 Å². The van der Waals surface area contributed by atoms with Gasteiger partial charge >= 0.3 is 5.97 Å². The zero-order valence-electron chi connectivity index (χ0n) is 20.5. The number of rotatable bonds is 8. The van der Waals surface area contributed by atoms with Gasteiger partial charge in [-0.1, -0.05) is 18.2 Å². The van der Waals surface area contributed by atoms with Crippen molar-refractivity contribution in [2.75, 3.05) is 19.0 Å². The fourth-order valence-electron chi connectivity index (χ4n) is 5.14. The number of imidazole rings is 1. The molecule has 0 spiro atoms. The Hall–Kier alpha value is -4.00. The molecule has 184 valence electrons. The molecule has 36 heavy (non-hydrogen) atoms. The first-order chi connectivity index (χ1) is 17.5. The fourth-order valence-corrected chi connectivity index (χ4v) is 5.14. The van der Waals surface area contributed by atoms with Crippen molar-refractivity contribution in [2.45, 2.75) is 44.6 Å². The highest BCUT2D eigenvalue weighted by molar-refractivity contribution is 5.80. The summed E-state index contributed by atoms with van der Waals surface area (Å²) in [6, 6.07) is 18.5. The van der Waals surface area contributed by atoms with Crippen molar-refractivity contribution in [1.82, 2.24) is 9.55 Å². The molecule has 1 aromatic heterocycles. The molecular formula is C29H29N3O4. The summed E-state index contributed by atoms with van der Waals surface area (Å²) in [4.78, 5) is 16.1. The molecule has 1 aliphatic carbocycles. The third-order valence-electron chi connectivity index (χ3n) is 7.29. The van der Waals surface area contributed by atoms with Crippen LogP contribution in [0.25, 0.3) is 16.7 Å². The van der Waals surface area contributed by atoms with Crippen molar-refractivity contribution in [2.24, 2.45) is 0 Å². The largest absolute Gasteiger partial charge is 0.497 e. The van der Waals surface area contributed by atoms with Crippen LogP contribution in [0, 0.1) is 6.92 Å². The standard InChI is InChI=1S/C29H29N3O4/c1-17-19(15-30-21-8-10-23-20(12-28(33)34)16-36-27(23)13-21)4-3-5-25(17)32-26-11-9-22(35-2)14-24(26)31-29(32)18-6-7-18/h3-5,8-11,13-14,18,20,30H,6-7,12,15-16H2,1-2H3,(H,33,34)/t20-/m1/s1. The molecule has 1 aliphatic heterocycles. The van der Waals surface area contributed by atoms with Crippen molar-refractivity contribution in [3.8, 4) is 17.2 Å². The van der Waals surface area contributed by atoms with Gasteiger partial charge in [-0.05, 0) is 55.2 Å². The van der Waals surface area contributed by atoms with Crippen LogP contribution in [0.2, 0.25) is 0 Å². The molecule has 2 heterocycles. The van der Waals surface area contributed by atoms with Gasteiger partial charge in [-0.3, -0.25) is 9.36 Å².